The minimum atomic E-state index is -1.06. The molecule has 0 spiro atoms. The van der Waals surface area contributed by atoms with Crippen LogP contribution in [-0.2, 0) is 21.6 Å². The van der Waals surface area contributed by atoms with Crippen LogP contribution in [0.15, 0.2) is 41.8 Å². The van der Waals surface area contributed by atoms with Gasteiger partial charge >= 0.3 is 0 Å². The molecule has 0 saturated heterocycles. The van der Waals surface area contributed by atoms with Gasteiger partial charge in [-0.1, -0.05) is 12.1 Å². The third kappa shape index (κ3) is 4.76. The quantitative estimate of drug-likeness (QED) is 0.557. The van der Waals surface area contributed by atoms with Crippen molar-refractivity contribution in [1.29, 1.82) is 5.26 Å². The Balaban J connectivity index is 1.40. The highest BCUT2D eigenvalue weighted by molar-refractivity contribution is 7.14. The predicted octanol–water partition coefficient (Wildman–Crippen LogP) is 3.64. The summed E-state index contributed by atoms with van der Waals surface area (Å²) in [5, 5.41) is 16.8. The van der Waals surface area contributed by atoms with Crippen molar-refractivity contribution >= 4 is 28.3 Å². The highest BCUT2D eigenvalue weighted by Gasteiger charge is 2.35. The molecule has 0 unspecified atom stereocenters. The highest BCUT2D eigenvalue weighted by Crippen LogP contribution is 2.34. The van der Waals surface area contributed by atoms with E-state index in [2.05, 4.69) is 21.7 Å². The van der Waals surface area contributed by atoms with Crippen LogP contribution in [0.25, 0.3) is 11.3 Å². The number of nitrogens with one attached hydrogen (secondary N) is 2. The van der Waals surface area contributed by atoms with Crippen molar-refractivity contribution in [3.8, 4) is 23.1 Å². The van der Waals surface area contributed by atoms with Crippen LogP contribution in [0.3, 0.4) is 0 Å². The van der Waals surface area contributed by atoms with Crippen molar-refractivity contribution in [1.82, 2.24) is 10.3 Å². The lowest BCUT2D eigenvalue weighted by Gasteiger charge is -2.30. The number of benzene rings is 2. The molecular weight excluding hydrogens is 459 g/mol. The van der Waals surface area contributed by atoms with Gasteiger partial charge < -0.3 is 20.1 Å². The van der Waals surface area contributed by atoms with Crippen LogP contribution in [0, 0.1) is 17.1 Å². The van der Waals surface area contributed by atoms with E-state index in [1.165, 1.54) is 17.4 Å². The molecule has 3 aromatic rings. The number of methoxy groups -OCH3 is 1. The Morgan fingerprint density at radius 2 is 2.18 bits per heavy atom. The average molecular weight is 481 g/mol. The topological polar surface area (TPSA) is 113 Å². The Labute approximate surface area is 199 Å². The number of hydrogen-bond donors (Lipinski definition) is 2. The number of aromatic nitrogens is 1. The fourth-order valence-corrected chi connectivity index (χ4v) is 4.34. The van der Waals surface area contributed by atoms with Gasteiger partial charge in [-0.3, -0.25) is 9.59 Å². The van der Waals surface area contributed by atoms with Gasteiger partial charge in [0.1, 0.15) is 17.0 Å². The Morgan fingerprint density at radius 3 is 2.94 bits per heavy atom. The number of nitrogens with zero attached hydrogens (tertiary/aromatic N) is 2. The number of ether oxygens (including phenoxy) is 2. The first kappa shape index (κ1) is 23.4. The second-order valence-electron chi connectivity index (χ2n) is 7.92. The SMILES string of the molecule is COc1cccc(-c2csc(NC(=O)CNC(=O)c3cc(F)c4c(c3)[C@@](C)(C#N)COC4)n2)c1. The summed E-state index contributed by atoms with van der Waals surface area (Å²) in [4.78, 5) is 29.3. The fraction of sp³-hybridized carbons (Fsp3) is 0.250. The minimum absolute atomic E-state index is 0.0296. The maximum absolute atomic E-state index is 14.6. The lowest BCUT2D eigenvalue weighted by atomic mass is 9.79. The van der Waals surface area contributed by atoms with Crippen LogP contribution in [0.5, 0.6) is 5.75 Å². The summed E-state index contributed by atoms with van der Waals surface area (Å²) >= 11 is 1.25. The van der Waals surface area contributed by atoms with Gasteiger partial charge in [-0.25, -0.2) is 9.37 Å². The number of hydrogen-bond acceptors (Lipinski definition) is 7. The molecule has 2 amide bonds. The maximum atomic E-state index is 14.6. The van der Waals surface area contributed by atoms with Crippen LogP contribution < -0.4 is 15.4 Å². The Bertz CT molecular complexity index is 1300. The van der Waals surface area contributed by atoms with Crippen molar-refractivity contribution < 1.29 is 23.5 Å². The number of thiazole rings is 1. The van der Waals surface area contributed by atoms with Gasteiger partial charge in [-0.2, -0.15) is 5.26 Å². The number of carbonyl (C=O) groups excluding carboxylic acids is 2. The highest BCUT2D eigenvalue weighted by atomic mass is 32.1. The molecule has 0 aliphatic carbocycles. The standard InChI is InChI=1S/C24H21FN4O4S/c1-24(12-26)13-33-10-17-18(24)7-15(8-19(17)25)22(31)27-9-21(30)29-23-28-20(11-34-23)14-4-3-5-16(6-14)32-2/h3-8,11H,9-10,13H2,1-2H3,(H,27,31)(H,28,29,30)/t24-/m0/s1. The van der Waals surface area contributed by atoms with Crippen molar-refractivity contribution in [2.75, 3.05) is 25.6 Å². The molecule has 1 aromatic heterocycles. The molecule has 0 saturated carbocycles. The van der Waals surface area contributed by atoms with Gasteiger partial charge in [0, 0.05) is 22.1 Å². The Kier molecular flexibility index (Phi) is 6.58. The molecule has 0 fully saturated rings. The smallest absolute Gasteiger partial charge is 0.251 e. The Morgan fingerprint density at radius 1 is 1.35 bits per heavy atom. The average Bonchev–Trinajstić information content (AvgIpc) is 3.31. The normalized spacial score (nSPS) is 16.8. The summed E-state index contributed by atoms with van der Waals surface area (Å²) in [5.41, 5.74) is 1.17. The first-order valence-electron chi connectivity index (χ1n) is 10.3. The van der Waals surface area contributed by atoms with Crippen LogP contribution >= 0.6 is 11.3 Å². The molecule has 1 aliphatic rings. The summed E-state index contributed by atoms with van der Waals surface area (Å²) in [7, 11) is 1.58. The van der Waals surface area contributed by atoms with E-state index in [0.717, 1.165) is 11.6 Å². The van der Waals surface area contributed by atoms with Gasteiger partial charge in [0.05, 0.1) is 38.6 Å². The number of rotatable bonds is 6. The van der Waals surface area contributed by atoms with Gasteiger partial charge in [-0.05, 0) is 36.8 Å². The molecule has 2 N–H and O–H groups in total. The number of halogens is 1. The van der Waals surface area contributed by atoms with E-state index in [1.807, 2.05) is 24.3 Å². The van der Waals surface area contributed by atoms with Gasteiger partial charge in [-0.15, -0.1) is 11.3 Å². The number of amides is 2. The van der Waals surface area contributed by atoms with E-state index in [9.17, 15) is 19.2 Å². The zero-order valence-corrected chi connectivity index (χ0v) is 19.3. The molecule has 2 aromatic carbocycles. The number of anilines is 1. The molecule has 2 heterocycles. The fourth-order valence-electron chi connectivity index (χ4n) is 3.61. The van der Waals surface area contributed by atoms with Gasteiger partial charge in [0.25, 0.3) is 5.91 Å². The largest absolute Gasteiger partial charge is 0.497 e. The third-order valence-corrected chi connectivity index (χ3v) is 6.22. The van der Waals surface area contributed by atoms with E-state index in [4.69, 9.17) is 9.47 Å². The second-order valence-corrected chi connectivity index (χ2v) is 8.78. The molecule has 0 radical (unpaired) electrons. The van der Waals surface area contributed by atoms with E-state index in [-0.39, 0.29) is 30.9 Å². The summed E-state index contributed by atoms with van der Waals surface area (Å²) in [5.74, 6) is -1.03. The lowest BCUT2D eigenvalue weighted by Crippen LogP contribution is -2.35. The predicted molar refractivity (Wildman–Crippen MR) is 124 cm³/mol. The molecular formula is C24H21FN4O4S. The van der Waals surface area contributed by atoms with Crippen molar-refractivity contribution in [2.24, 2.45) is 0 Å². The molecule has 10 heteroatoms. The summed E-state index contributed by atoms with van der Waals surface area (Å²) in [6.07, 6.45) is 0. The molecule has 4 rings (SSSR count). The number of nitriles is 1. The van der Waals surface area contributed by atoms with Crippen molar-refractivity contribution in [2.45, 2.75) is 18.9 Å². The summed E-state index contributed by atoms with van der Waals surface area (Å²) < 4.78 is 25.1. The maximum Gasteiger partial charge on any atom is 0.251 e. The van der Waals surface area contributed by atoms with Crippen molar-refractivity contribution in [3.63, 3.8) is 0 Å². The lowest BCUT2D eigenvalue weighted by molar-refractivity contribution is -0.115. The van der Waals surface area contributed by atoms with Crippen LogP contribution in [0.4, 0.5) is 9.52 Å². The van der Waals surface area contributed by atoms with E-state index < -0.39 is 23.0 Å². The van der Waals surface area contributed by atoms with E-state index in [0.29, 0.717) is 22.1 Å². The summed E-state index contributed by atoms with van der Waals surface area (Å²) in [6.45, 7) is 1.45. The van der Waals surface area contributed by atoms with Crippen LogP contribution in [0.2, 0.25) is 0 Å². The first-order chi connectivity index (χ1) is 16.3. The second kappa shape index (κ2) is 9.59. The number of carbonyl (C=O) groups is 2. The molecule has 34 heavy (non-hydrogen) atoms. The monoisotopic (exact) mass is 480 g/mol. The third-order valence-electron chi connectivity index (χ3n) is 5.46. The Hall–Kier alpha value is -3.81. The van der Waals surface area contributed by atoms with Gasteiger partial charge in [0.2, 0.25) is 5.91 Å². The van der Waals surface area contributed by atoms with E-state index >= 15 is 0 Å². The molecule has 1 aliphatic heterocycles. The van der Waals surface area contributed by atoms with Crippen molar-refractivity contribution in [3.05, 3.63) is 64.3 Å². The van der Waals surface area contributed by atoms with Crippen LogP contribution in [-0.4, -0.2) is 37.1 Å². The zero-order chi connectivity index (χ0) is 24.3. The summed E-state index contributed by atoms with van der Waals surface area (Å²) in [6, 6.07) is 12.1. The van der Waals surface area contributed by atoms with E-state index in [1.54, 1.807) is 19.4 Å². The van der Waals surface area contributed by atoms with Gasteiger partial charge in [0.15, 0.2) is 5.13 Å². The molecule has 174 valence electrons. The molecule has 8 nitrogen and oxygen atoms in total. The minimum Gasteiger partial charge on any atom is -0.497 e. The molecule has 1 atom stereocenters. The zero-order valence-electron chi connectivity index (χ0n) is 18.5. The first-order valence-corrected chi connectivity index (χ1v) is 11.2. The molecule has 0 bridgehead atoms. The van der Waals surface area contributed by atoms with Crippen LogP contribution in [0.1, 0.15) is 28.4 Å². The number of fused-ring (bicyclic) bond motifs is 1.